The number of aromatic nitrogens is 4. The summed E-state index contributed by atoms with van der Waals surface area (Å²) in [5.41, 5.74) is 5.94. The van der Waals surface area contributed by atoms with Crippen LogP contribution in [-0.4, -0.2) is 20.2 Å². The van der Waals surface area contributed by atoms with E-state index < -0.39 is 0 Å². The quantitative estimate of drug-likeness (QED) is 0.808. The molecule has 0 saturated heterocycles. The molecule has 15 heavy (non-hydrogen) atoms. The molecule has 0 aliphatic heterocycles. The summed E-state index contributed by atoms with van der Waals surface area (Å²) in [6, 6.07) is 0. The van der Waals surface area contributed by atoms with Gasteiger partial charge in [-0.15, -0.1) is 10.2 Å². The van der Waals surface area contributed by atoms with Crippen LogP contribution in [0.5, 0.6) is 0 Å². The molecule has 0 aromatic carbocycles. The van der Waals surface area contributed by atoms with Crippen LogP contribution in [-0.2, 0) is 12.1 Å². The van der Waals surface area contributed by atoms with Gasteiger partial charge in [-0.05, 0) is 24.0 Å². The lowest BCUT2D eigenvalue weighted by atomic mass is 9.99. The van der Waals surface area contributed by atoms with Gasteiger partial charge in [0.05, 0.1) is 12.1 Å². The van der Waals surface area contributed by atoms with E-state index in [1.54, 1.807) is 4.80 Å². The molecule has 0 unspecified atom stereocenters. The minimum atomic E-state index is -0.310. The van der Waals surface area contributed by atoms with Crippen LogP contribution in [0.3, 0.4) is 0 Å². The fourth-order valence-corrected chi connectivity index (χ4v) is 2.08. The molecule has 5 heteroatoms. The third kappa shape index (κ3) is 2.17. The average molecular weight is 209 g/mol. The SMILES string of the molecule is CC(C)Cn1nnc(C2(N)CCCC2)n1. The Bertz CT molecular complexity index is 324. The maximum absolute atomic E-state index is 6.25. The monoisotopic (exact) mass is 209 g/mol. The number of nitrogens with zero attached hydrogens (tertiary/aromatic N) is 4. The molecule has 0 atom stereocenters. The van der Waals surface area contributed by atoms with Crippen molar-refractivity contribution in [1.29, 1.82) is 0 Å². The average Bonchev–Trinajstić information content (AvgIpc) is 2.74. The number of nitrogens with two attached hydrogens (primary N) is 1. The predicted molar refractivity (Wildman–Crippen MR) is 57.0 cm³/mol. The highest BCUT2D eigenvalue weighted by atomic mass is 15.6. The van der Waals surface area contributed by atoms with Crippen LogP contribution in [0, 0.1) is 5.92 Å². The molecule has 1 aromatic rings. The van der Waals surface area contributed by atoms with Gasteiger partial charge in [0.25, 0.3) is 0 Å². The van der Waals surface area contributed by atoms with Crippen molar-refractivity contribution in [3.63, 3.8) is 0 Å². The van der Waals surface area contributed by atoms with Crippen molar-refractivity contribution in [2.24, 2.45) is 11.7 Å². The van der Waals surface area contributed by atoms with Gasteiger partial charge in [0, 0.05) is 0 Å². The second-order valence-electron chi connectivity index (χ2n) is 4.93. The molecule has 0 spiro atoms. The lowest BCUT2D eigenvalue weighted by Crippen LogP contribution is -2.34. The van der Waals surface area contributed by atoms with E-state index in [1.807, 2.05) is 0 Å². The van der Waals surface area contributed by atoms with Crippen LogP contribution in [0.4, 0.5) is 0 Å². The van der Waals surface area contributed by atoms with Gasteiger partial charge >= 0.3 is 0 Å². The number of hydrogen-bond acceptors (Lipinski definition) is 4. The zero-order chi connectivity index (χ0) is 10.9. The van der Waals surface area contributed by atoms with Gasteiger partial charge in [-0.3, -0.25) is 0 Å². The van der Waals surface area contributed by atoms with Crippen molar-refractivity contribution in [3.8, 4) is 0 Å². The van der Waals surface area contributed by atoms with Crippen molar-refractivity contribution in [3.05, 3.63) is 5.82 Å². The summed E-state index contributed by atoms with van der Waals surface area (Å²) in [6.45, 7) is 5.08. The number of tetrazole rings is 1. The molecule has 1 saturated carbocycles. The summed E-state index contributed by atoms with van der Waals surface area (Å²) in [6.07, 6.45) is 4.32. The first-order valence-corrected chi connectivity index (χ1v) is 5.67. The molecule has 2 rings (SSSR count). The Morgan fingerprint density at radius 2 is 2.07 bits per heavy atom. The second-order valence-corrected chi connectivity index (χ2v) is 4.93. The fraction of sp³-hybridized carbons (Fsp3) is 0.900. The fourth-order valence-electron chi connectivity index (χ4n) is 2.08. The highest BCUT2D eigenvalue weighted by Gasteiger charge is 2.35. The van der Waals surface area contributed by atoms with Gasteiger partial charge in [-0.25, -0.2) is 0 Å². The van der Waals surface area contributed by atoms with Crippen molar-refractivity contribution >= 4 is 0 Å². The van der Waals surface area contributed by atoms with Crippen molar-refractivity contribution < 1.29 is 0 Å². The zero-order valence-electron chi connectivity index (χ0n) is 9.48. The van der Waals surface area contributed by atoms with E-state index in [4.69, 9.17) is 5.73 Å². The Morgan fingerprint density at radius 1 is 1.40 bits per heavy atom. The molecule has 0 bridgehead atoms. The molecule has 0 amide bonds. The van der Waals surface area contributed by atoms with E-state index >= 15 is 0 Å². The standard InChI is InChI=1S/C10H19N5/c1-8(2)7-15-13-9(12-14-15)10(11)5-3-4-6-10/h8H,3-7,11H2,1-2H3. The van der Waals surface area contributed by atoms with Crippen LogP contribution in [0.1, 0.15) is 45.4 Å². The molecular weight excluding hydrogens is 190 g/mol. The van der Waals surface area contributed by atoms with Crippen molar-refractivity contribution in [2.45, 2.75) is 51.6 Å². The maximum Gasteiger partial charge on any atom is 0.194 e. The summed E-state index contributed by atoms with van der Waals surface area (Å²) in [5.74, 6) is 1.25. The summed E-state index contributed by atoms with van der Waals surface area (Å²) in [5, 5.41) is 12.5. The Balaban J connectivity index is 2.12. The molecule has 84 valence electrons. The Hall–Kier alpha value is -0.970. The highest BCUT2D eigenvalue weighted by Crippen LogP contribution is 2.33. The van der Waals surface area contributed by atoms with E-state index in [-0.39, 0.29) is 5.54 Å². The van der Waals surface area contributed by atoms with Gasteiger partial charge in [0.15, 0.2) is 5.82 Å². The third-order valence-electron chi connectivity index (χ3n) is 2.92. The molecule has 1 aliphatic rings. The highest BCUT2D eigenvalue weighted by molar-refractivity contribution is 5.04. The number of rotatable bonds is 3. The second kappa shape index (κ2) is 3.89. The van der Waals surface area contributed by atoms with E-state index in [2.05, 4.69) is 29.3 Å². The van der Waals surface area contributed by atoms with Crippen LogP contribution in [0.2, 0.25) is 0 Å². The largest absolute Gasteiger partial charge is 0.319 e. The first kappa shape index (κ1) is 10.5. The molecule has 1 fully saturated rings. The van der Waals surface area contributed by atoms with Crippen molar-refractivity contribution in [2.75, 3.05) is 0 Å². The smallest absolute Gasteiger partial charge is 0.194 e. The Labute approximate surface area is 90.0 Å². The zero-order valence-corrected chi connectivity index (χ0v) is 9.48. The summed E-state index contributed by atoms with van der Waals surface area (Å²) in [4.78, 5) is 1.66. The number of hydrogen-bond donors (Lipinski definition) is 1. The molecule has 1 heterocycles. The lowest BCUT2D eigenvalue weighted by molar-refractivity contribution is 0.407. The predicted octanol–water partition coefficient (Wildman–Crippen LogP) is 1.06. The van der Waals surface area contributed by atoms with E-state index in [9.17, 15) is 0 Å². The topological polar surface area (TPSA) is 69.6 Å². The van der Waals surface area contributed by atoms with Gasteiger partial charge in [0.2, 0.25) is 0 Å². The van der Waals surface area contributed by atoms with Crippen LogP contribution in [0.25, 0.3) is 0 Å². The van der Waals surface area contributed by atoms with E-state index in [0.29, 0.717) is 5.92 Å². The van der Waals surface area contributed by atoms with Gasteiger partial charge in [-0.2, -0.15) is 4.80 Å². The third-order valence-corrected chi connectivity index (χ3v) is 2.92. The summed E-state index contributed by atoms with van der Waals surface area (Å²) in [7, 11) is 0. The molecule has 2 N–H and O–H groups in total. The minimum absolute atomic E-state index is 0.310. The first-order valence-electron chi connectivity index (χ1n) is 5.67. The van der Waals surface area contributed by atoms with Crippen LogP contribution >= 0.6 is 0 Å². The van der Waals surface area contributed by atoms with E-state index in [0.717, 1.165) is 25.2 Å². The molecule has 5 nitrogen and oxygen atoms in total. The normalized spacial score (nSPS) is 20.0. The van der Waals surface area contributed by atoms with Crippen LogP contribution in [0.15, 0.2) is 0 Å². The lowest BCUT2D eigenvalue weighted by Gasteiger charge is -2.17. The van der Waals surface area contributed by atoms with Gasteiger partial charge in [0.1, 0.15) is 0 Å². The molecular formula is C10H19N5. The molecule has 1 aromatic heterocycles. The Kier molecular flexibility index (Phi) is 2.73. The minimum Gasteiger partial charge on any atom is -0.319 e. The molecule has 1 aliphatic carbocycles. The first-order chi connectivity index (χ1) is 7.10. The van der Waals surface area contributed by atoms with E-state index in [1.165, 1.54) is 12.8 Å². The van der Waals surface area contributed by atoms with Gasteiger partial charge in [-0.1, -0.05) is 26.7 Å². The van der Waals surface area contributed by atoms with Crippen LogP contribution < -0.4 is 5.73 Å². The Morgan fingerprint density at radius 3 is 2.67 bits per heavy atom. The maximum atomic E-state index is 6.25. The van der Waals surface area contributed by atoms with Gasteiger partial charge < -0.3 is 5.73 Å². The summed E-state index contributed by atoms with van der Waals surface area (Å²) >= 11 is 0. The van der Waals surface area contributed by atoms with Crippen molar-refractivity contribution in [1.82, 2.24) is 20.2 Å². The molecule has 0 radical (unpaired) electrons. The summed E-state index contributed by atoms with van der Waals surface area (Å²) < 4.78 is 0.